The number of thioether (sulfide) groups is 1. The Bertz CT molecular complexity index is 1290. The van der Waals surface area contributed by atoms with E-state index in [0.29, 0.717) is 17.6 Å². The molecular formula is C33H40O2S. The predicted molar refractivity (Wildman–Crippen MR) is 152 cm³/mol. The Kier molecular flexibility index (Phi) is 6.06. The van der Waals surface area contributed by atoms with Crippen LogP contribution in [0.3, 0.4) is 0 Å². The van der Waals surface area contributed by atoms with Crippen LogP contribution in [0.25, 0.3) is 21.9 Å². The Hall–Kier alpha value is -2.13. The van der Waals surface area contributed by atoms with E-state index in [4.69, 9.17) is 4.74 Å². The molecule has 1 spiro atoms. The summed E-state index contributed by atoms with van der Waals surface area (Å²) in [4.78, 5) is 0.950. The maximum Gasteiger partial charge on any atom is 0.159 e. The lowest BCUT2D eigenvalue weighted by molar-refractivity contribution is 0.122. The predicted octanol–water partition coefficient (Wildman–Crippen LogP) is 9.83. The van der Waals surface area contributed by atoms with Gasteiger partial charge >= 0.3 is 0 Å². The van der Waals surface area contributed by atoms with E-state index in [9.17, 15) is 5.11 Å². The first-order chi connectivity index (χ1) is 17.3. The number of rotatable bonds is 4. The maximum atomic E-state index is 11.5. The molecule has 0 saturated heterocycles. The number of aromatic hydroxyl groups is 1. The van der Waals surface area contributed by atoms with Gasteiger partial charge in [-0.15, -0.1) is 0 Å². The van der Waals surface area contributed by atoms with Gasteiger partial charge in [-0.1, -0.05) is 95.8 Å². The number of hydrogen-bond acceptors (Lipinski definition) is 3. The molecule has 1 N–H and O–H groups in total. The molecule has 36 heavy (non-hydrogen) atoms. The Labute approximate surface area is 220 Å². The summed E-state index contributed by atoms with van der Waals surface area (Å²) in [6.45, 7) is 9.15. The zero-order valence-corrected chi connectivity index (χ0v) is 23.1. The van der Waals surface area contributed by atoms with Gasteiger partial charge in [0, 0.05) is 10.8 Å². The van der Waals surface area contributed by atoms with Crippen molar-refractivity contribution in [3.63, 3.8) is 0 Å². The van der Waals surface area contributed by atoms with E-state index in [1.54, 1.807) is 0 Å². The van der Waals surface area contributed by atoms with Crippen molar-refractivity contribution in [1.82, 2.24) is 0 Å². The number of fused-ring (bicyclic) bond motifs is 8. The molecule has 0 aromatic heterocycles. The molecule has 2 nitrogen and oxygen atoms in total. The normalized spacial score (nSPS) is 19.7. The van der Waals surface area contributed by atoms with Crippen LogP contribution in [0.15, 0.2) is 47.4 Å². The molecule has 1 heterocycles. The van der Waals surface area contributed by atoms with Crippen LogP contribution < -0.4 is 4.74 Å². The molecule has 190 valence electrons. The fraction of sp³-hybridized carbons (Fsp3) is 0.515. The molecule has 3 aliphatic rings. The standard InChI is InChI=1S/C33H40O2S/c1-21(2)19-33(20-22(3)4)35-29-16-25-24(17-30(29)36-33)28(34)18-27-31(25)23-12-8-9-13-26(23)32(27)14-10-6-5-7-11-15-32/h8-9,12-13,16-18,21-22,34H,5-7,10-11,14-15,19-20H2,1-4H3. The molecule has 1 saturated carbocycles. The minimum Gasteiger partial charge on any atom is -0.507 e. The molecule has 6 rings (SSSR count). The summed E-state index contributed by atoms with van der Waals surface area (Å²) in [5.74, 6) is 2.54. The zero-order valence-electron chi connectivity index (χ0n) is 22.3. The van der Waals surface area contributed by atoms with Gasteiger partial charge in [-0.25, -0.2) is 0 Å². The highest BCUT2D eigenvalue weighted by Gasteiger charge is 2.45. The van der Waals surface area contributed by atoms with Crippen molar-refractivity contribution in [2.75, 3.05) is 0 Å². The summed E-state index contributed by atoms with van der Waals surface area (Å²) in [6.07, 6.45) is 10.9. The Morgan fingerprint density at radius 1 is 0.833 bits per heavy atom. The van der Waals surface area contributed by atoms with Gasteiger partial charge in [0.05, 0.1) is 4.90 Å². The molecule has 2 aliphatic carbocycles. The van der Waals surface area contributed by atoms with Crippen LogP contribution >= 0.6 is 11.8 Å². The summed E-state index contributed by atoms with van der Waals surface area (Å²) in [6, 6.07) is 15.6. The van der Waals surface area contributed by atoms with Gasteiger partial charge in [0.2, 0.25) is 0 Å². The number of benzene rings is 3. The molecule has 1 fully saturated rings. The quantitative estimate of drug-likeness (QED) is 0.386. The summed E-state index contributed by atoms with van der Waals surface area (Å²) >= 11 is 1.88. The van der Waals surface area contributed by atoms with Crippen LogP contribution in [0.2, 0.25) is 0 Å². The first-order valence-corrected chi connectivity index (χ1v) is 15.0. The van der Waals surface area contributed by atoms with Crippen molar-refractivity contribution in [2.24, 2.45) is 11.8 Å². The van der Waals surface area contributed by atoms with Crippen LogP contribution in [0, 0.1) is 11.8 Å². The van der Waals surface area contributed by atoms with Gasteiger partial charge in [0.1, 0.15) is 11.5 Å². The summed E-state index contributed by atoms with van der Waals surface area (Å²) in [5, 5.41) is 13.6. The van der Waals surface area contributed by atoms with E-state index in [2.05, 4.69) is 70.2 Å². The highest BCUT2D eigenvalue weighted by Crippen LogP contribution is 2.60. The third-order valence-electron chi connectivity index (χ3n) is 8.64. The fourth-order valence-corrected chi connectivity index (χ4v) is 9.21. The zero-order chi connectivity index (χ0) is 25.1. The van der Waals surface area contributed by atoms with Gasteiger partial charge < -0.3 is 9.84 Å². The molecule has 3 heteroatoms. The highest BCUT2D eigenvalue weighted by molar-refractivity contribution is 8.00. The minimum atomic E-state index is -0.223. The van der Waals surface area contributed by atoms with Crippen molar-refractivity contribution < 1.29 is 9.84 Å². The lowest BCUT2D eigenvalue weighted by Gasteiger charge is -2.34. The van der Waals surface area contributed by atoms with Crippen molar-refractivity contribution in [3.05, 3.63) is 53.6 Å². The fourth-order valence-electron chi connectivity index (χ4n) is 7.46. The second kappa shape index (κ2) is 9.01. The maximum absolute atomic E-state index is 11.5. The minimum absolute atomic E-state index is 0.0195. The molecule has 0 atom stereocenters. The number of hydrogen-bond donors (Lipinski definition) is 1. The number of phenols is 1. The molecule has 1 aliphatic heterocycles. The molecule has 3 aromatic carbocycles. The van der Waals surface area contributed by atoms with Gasteiger partial charge in [-0.2, -0.15) is 0 Å². The molecule has 0 bridgehead atoms. The molecule has 0 amide bonds. The van der Waals surface area contributed by atoms with Crippen LogP contribution in [0.4, 0.5) is 0 Å². The van der Waals surface area contributed by atoms with Crippen LogP contribution in [0.5, 0.6) is 11.5 Å². The highest BCUT2D eigenvalue weighted by atomic mass is 32.2. The van der Waals surface area contributed by atoms with E-state index >= 15 is 0 Å². The van der Waals surface area contributed by atoms with Gasteiger partial charge in [-0.05, 0) is 83.4 Å². The van der Waals surface area contributed by atoms with Crippen molar-refractivity contribution in [3.8, 4) is 22.6 Å². The summed E-state index contributed by atoms with van der Waals surface area (Å²) < 4.78 is 6.87. The topological polar surface area (TPSA) is 29.5 Å². The van der Waals surface area contributed by atoms with Crippen LogP contribution in [0.1, 0.15) is 96.6 Å². The largest absolute Gasteiger partial charge is 0.507 e. The Balaban J connectivity index is 1.54. The van der Waals surface area contributed by atoms with Crippen molar-refractivity contribution in [2.45, 2.75) is 101 Å². The first-order valence-electron chi connectivity index (χ1n) is 14.1. The average molecular weight is 501 g/mol. The third kappa shape index (κ3) is 3.85. The van der Waals surface area contributed by atoms with Gasteiger partial charge in [0.15, 0.2) is 4.93 Å². The summed E-state index contributed by atoms with van der Waals surface area (Å²) in [7, 11) is 0. The SMILES string of the molecule is CC(C)CC1(CC(C)C)Oc2cc3c4c(cc(O)c3cc2S1)C1(CCCCCCC1)c1ccccc1-4. The molecular weight excluding hydrogens is 460 g/mol. The molecule has 0 radical (unpaired) electrons. The van der Waals surface area contributed by atoms with Crippen LogP contribution in [-0.4, -0.2) is 10.0 Å². The van der Waals surface area contributed by atoms with E-state index < -0.39 is 0 Å². The summed E-state index contributed by atoms with van der Waals surface area (Å²) in [5.41, 5.74) is 5.53. The van der Waals surface area contributed by atoms with E-state index in [1.165, 1.54) is 72.1 Å². The van der Waals surface area contributed by atoms with Crippen molar-refractivity contribution in [1.29, 1.82) is 0 Å². The average Bonchev–Trinajstić information content (AvgIpc) is 3.26. The third-order valence-corrected chi connectivity index (χ3v) is 9.97. The monoisotopic (exact) mass is 500 g/mol. The Morgan fingerprint density at radius 3 is 2.19 bits per heavy atom. The van der Waals surface area contributed by atoms with Crippen LogP contribution in [-0.2, 0) is 5.41 Å². The lowest BCUT2D eigenvalue weighted by atomic mass is 9.69. The van der Waals surface area contributed by atoms with E-state index in [-0.39, 0.29) is 10.3 Å². The van der Waals surface area contributed by atoms with Gasteiger partial charge in [0.25, 0.3) is 0 Å². The second-order valence-corrected chi connectivity index (χ2v) is 13.8. The lowest BCUT2D eigenvalue weighted by Crippen LogP contribution is -2.32. The van der Waals surface area contributed by atoms with E-state index in [0.717, 1.165) is 29.4 Å². The smallest absolute Gasteiger partial charge is 0.159 e. The van der Waals surface area contributed by atoms with Crippen molar-refractivity contribution >= 4 is 22.5 Å². The number of phenolic OH excluding ortho intramolecular Hbond substituents is 1. The van der Waals surface area contributed by atoms with E-state index in [1.807, 2.05) is 11.8 Å². The number of ether oxygens (including phenoxy) is 1. The molecule has 0 unspecified atom stereocenters. The van der Waals surface area contributed by atoms with Gasteiger partial charge in [-0.3, -0.25) is 0 Å². The molecule has 3 aromatic rings. The first kappa shape index (κ1) is 24.2. The second-order valence-electron chi connectivity index (χ2n) is 12.4. The Morgan fingerprint density at radius 2 is 1.50 bits per heavy atom.